The molecule has 4 heteroatoms. The first-order chi connectivity index (χ1) is 8.08. The quantitative estimate of drug-likeness (QED) is 0.879. The predicted molar refractivity (Wildman–Crippen MR) is 76.1 cm³/mol. The zero-order valence-electron chi connectivity index (χ0n) is 12.1. The van der Waals surface area contributed by atoms with Crippen molar-refractivity contribution in [3.63, 3.8) is 0 Å². The van der Waals surface area contributed by atoms with Crippen LogP contribution in [0.25, 0.3) is 0 Å². The minimum Gasteiger partial charge on any atom is -0.444 e. The molecule has 1 aromatic rings. The summed E-state index contributed by atoms with van der Waals surface area (Å²) < 4.78 is 5.19. The summed E-state index contributed by atoms with van der Waals surface area (Å²) in [6.45, 7) is 12.6. The van der Waals surface area contributed by atoms with E-state index >= 15 is 0 Å². The van der Waals surface area contributed by atoms with Gasteiger partial charge in [-0.25, -0.2) is 4.79 Å². The molecule has 0 radical (unpaired) electrons. The van der Waals surface area contributed by atoms with Gasteiger partial charge in [0.15, 0.2) is 0 Å². The molecule has 18 heavy (non-hydrogen) atoms. The van der Waals surface area contributed by atoms with Crippen molar-refractivity contribution in [2.75, 3.05) is 0 Å². The van der Waals surface area contributed by atoms with Crippen molar-refractivity contribution in [1.29, 1.82) is 0 Å². The summed E-state index contributed by atoms with van der Waals surface area (Å²) in [4.78, 5) is 12.7. The first-order valence-electron chi connectivity index (χ1n) is 6.13. The molecule has 0 aromatic carbocycles. The van der Waals surface area contributed by atoms with Gasteiger partial charge in [0.1, 0.15) is 5.60 Å². The number of ether oxygens (including phenoxy) is 1. The molecule has 1 rings (SSSR count). The van der Waals surface area contributed by atoms with Gasteiger partial charge in [-0.3, -0.25) is 0 Å². The standard InChI is InChI=1S/C14H23NO2S/c1-13(2,3)10-7-11(18-9-10)8-15-12(16)17-14(4,5)6/h7,9H,8H2,1-6H3,(H,15,16). The Morgan fingerprint density at radius 1 is 1.28 bits per heavy atom. The Balaban J connectivity index is 2.50. The number of rotatable bonds is 2. The first-order valence-corrected chi connectivity index (χ1v) is 7.00. The molecular formula is C14H23NO2S. The second-order valence-electron chi connectivity index (χ2n) is 6.41. The fourth-order valence-corrected chi connectivity index (χ4v) is 2.39. The molecule has 0 saturated heterocycles. The fraction of sp³-hybridized carbons (Fsp3) is 0.643. The Kier molecular flexibility index (Phi) is 4.43. The van der Waals surface area contributed by atoms with E-state index < -0.39 is 5.60 Å². The maximum absolute atomic E-state index is 11.5. The largest absolute Gasteiger partial charge is 0.444 e. The van der Waals surface area contributed by atoms with Gasteiger partial charge in [0, 0.05) is 4.88 Å². The predicted octanol–water partition coefficient (Wildman–Crippen LogP) is 4.07. The van der Waals surface area contributed by atoms with E-state index in [9.17, 15) is 4.79 Å². The van der Waals surface area contributed by atoms with Crippen LogP contribution in [0.15, 0.2) is 11.4 Å². The molecule has 0 bridgehead atoms. The van der Waals surface area contributed by atoms with Gasteiger partial charge in [0.25, 0.3) is 0 Å². The van der Waals surface area contributed by atoms with Crippen molar-refractivity contribution in [3.05, 3.63) is 21.9 Å². The van der Waals surface area contributed by atoms with Crippen molar-refractivity contribution in [3.8, 4) is 0 Å². The van der Waals surface area contributed by atoms with Crippen LogP contribution in [-0.4, -0.2) is 11.7 Å². The van der Waals surface area contributed by atoms with E-state index in [2.05, 4.69) is 37.5 Å². The van der Waals surface area contributed by atoms with E-state index in [0.717, 1.165) is 4.88 Å². The molecule has 1 heterocycles. The van der Waals surface area contributed by atoms with Crippen LogP contribution in [0.2, 0.25) is 0 Å². The van der Waals surface area contributed by atoms with Crippen molar-refractivity contribution in [1.82, 2.24) is 5.32 Å². The molecule has 0 unspecified atom stereocenters. The molecule has 0 aliphatic carbocycles. The van der Waals surface area contributed by atoms with Gasteiger partial charge in [-0.05, 0) is 43.2 Å². The monoisotopic (exact) mass is 269 g/mol. The van der Waals surface area contributed by atoms with E-state index in [1.54, 1.807) is 11.3 Å². The normalized spacial score (nSPS) is 12.3. The van der Waals surface area contributed by atoms with E-state index in [4.69, 9.17) is 4.74 Å². The van der Waals surface area contributed by atoms with Gasteiger partial charge in [0.05, 0.1) is 6.54 Å². The highest BCUT2D eigenvalue weighted by atomic mass is 32.1. The smallest absolute Gasteiger partial charge is 0.407 e. The lowest BCUT2D eigenvalue weighted by molar-refractivity contribution is 0.0524. The highest BCUT2D eigenvalue weighted by Gasteiger charge is 2.17. The van der Waals surface area contributed by atoms with Crippen LogP contribution in [-0.2, 0) is 16.7 Å². The number of hydrogen-bond acceptors (Lipinski definition) is 3. The Bertz CT molecular complexity index is 410. The average Bonchev–Trinajstić information content (AvgIpc) is 2.59. The fourth-order valence-electron chi connectivity index (χ4n) is 1.34. The molecule has 102 valence electrons. The van der Waals surface area contributed by atoms with Gasteiger partial charge in [-0.2, -0.15) is 0 Å². The average molecular weight is 269 g/mol. The van der Waals surface area contributed by atoms with Crippen LogP contribution < -0.4 is 5.32 Å². The van der Waals surface area contributed by atoms with E-state index in [0.29, 0.717) is 6.54 Å². The maximum Gasteiger partial charge on any atom is 0.407 e. The van der Waals surface area contributed by atoms with Crippen molar-refractivity contribution < 1.29 is 9.53 Å². The summed E-state index contributed by atoms with van der Waals surface area (Å²) in [5, 5.41) is 4.91. The summed E-state index contributed by atoms with van der Waals surface area (Å²) in [6.07, 6.45) is -0.367. The Hall–Kier alpha value is -1.03. The van der Waals surface area contributed by atoms with Crippen LogP contribution >= 0.6 is 11.3 Å². The maximum atomic E-state index is 11.5. The molecule has 3 nitrogen and oxygen atoms in total. The lowest BCUT2D eigenvalue weighted by Gasteiger charge is -2.19. The third-order valence-corrected chi connectivity index (χ3v) is 3.26. The molecule has 0 aliphatic heterocycles. The van der Waals surface area contributed by atoms with E-state index in [-0.39, 0.29) is 11.5 Å². The number of hydrogen-bond donors (Lipinski definition) is 1. The molecule has 1 N–H and O–H groups in total. The number of amides is 1. The van der Waals surface area contributed by atoms with Gasteiger partial charge >= 0.3 is 6.09 Å². The van der Waals surface area contributed by atoms with Crippen molar-refractivity contribution in [2.24, 2.45) is 0 Å². The minimum absolute atomic E-state index is 0.153. The number of alkyl carbamates (subject to hydrolysis) is 1. The van der Waals surface area contributed by atoms with Gasteiger partial charge in [-0.1, -0.05) is 20.8 Å². The van der Waals surface area contributed by atoms with Crippen LogP contribution in [0, 0.1) is 0 Å². The molecule has 1 aromatic heterocycles. The highest BCUT2D eigenvalue weighted by Crippen LogP contribution is 2.27. The van der Waals surface area contributed by atoms with Crippen molar-refractivity contribution in [2.45, 2.75) is 59.1 Å². The Labute approximate surface area is 114 Å². The summed E-state index contributed by atoms with van der Waals surface area (Å²) >= 11 is 1.67. The summed E-state index contributed by atoms with van der Waals surface area (Å²) in [5.74, 6) is 0. The summed E-state index contributed by atoms with van der Waals surface area (Å²) in [5.41, 5.74) is 1.00. The molecule has 1 amide bonds. The van der Waals surface area contributed by atoms with Crippen LogP contribution in [0.3, 0.4) is 0 Å². The van der Waals surface area contributed by atoms with Crippen LogP contribution in [0.4, 0.5) is 4.79 Å². The van der Waals surface area contributed by atoms with Crippen LogP contribution in [0.1, 0.15) is 52.0 Å². The Morgan fingerprint density at radius 3 is 2.33 bits per heavy atom. The summed E-state index contributed by atoms with van der Waals surface area (Å²) in [6, 6.07) is 2.14. The molecular weight excluding hydrogens is 246 g/mol. The minimum atomic E-state index is -0.448. The Morgan fingerprint density at radius 2 is 1.89 bits per heavy atom. The topological polar surface area (TPSA) is 38.3 Å². The number of carbonyl (C=O) groups is 1. The second-order valence-corrected chi connectivity index (χ2v) is 7.40. The molecule has 0 aliphatic rings. The van der Waals surface area contributed by atoms with E-state index in [1.807, 2.05) is 20.8 Å². The highest BCUT2D eigenvalue weighted by molar-refractivity contribution is 7.10. The van der Waals surface area contributed by atoms with Crippen LogP contribution in [0.5, 0.6) is 0 Å². The lowest BCUT2D eigenvalue weighted by atomic mass is 9.89. The third kappa shape index (κ3) is 5.08. The van der Waals surface area contributed by atoms with Gasteiger partial charge in [0.2, 0.25) is 0 Å². The van der Waals surface area contributed by atoms with Gasteiger partial charge < -0.3 is 10.1 Å². The number of carbonyl (C=O) groups excluding carboxylic acids is 1. The van der Waals surface area contributed by atoms with Crippen molar-refractivity contribution >= 4 is 17.4 Å². The lowest BCUT2D eigenvalue weighted by Crippen LogP contribution is -2.31. The SMILES string of the molecule is CC(C)(C)OC(=O)NCc1cc(C(C)(C)C)cs1. The summed E-state index contributed by atoms with van der Waals surface area (Å²) in [7, 11) is 0. The molecule has 0 atom stereocenters. The zero-order chi connectivity index (χ0) is 14.0. The zero-order valence-corrected chi connectivity index (χ0v) is 12.9. The first kappa shape index (κ1) is 15.0. The number of thiophene rings is 1. The second kappa shape index (κ2) is 5.31. The van der Waals surface area contributed by atoms with Gasteiger partial charge in [-0.15, -0.1) is 11.3 Å². The molecule has 0 fully saturated rings. The van der Waals surface area contributed by atoms with E-state index in [1.165, 1.54) is 5.56 Å². The number of nitrogens with one attached hydrogen (secondary N) is 1. The molecule has 0 saturated carbocycles. The molecule has 0 spiro atoms. The third-order valence-electron chi connectivity index (χ3n) is 2.33.